The van der Waals surface area contributed by atoms with Crippen molar-refractivity contribution in [2.24, 2.45) is 5.92 Å². The number of halogens is 3. The second kappa shape index (κ2) is 13.9. The summed E-state index contributed by atoms with van der Waals surface area (Å²) in [6, 6.07) is 17.6. The number of aromatic nitrogens is 1. The van der Waals surface area contributed by atoms with Gasteiger partial charge in [0.15, 0.2) is 10.8 Å². The van der Waals surface area contributed by atoms with Gasteiger partial charge in [-0.25, -0.2) is 4.98 Å². The molecule has 1 N–H and O–H groups in total. The molecular weight excluding hydrogens is 593 g/mol. The van der Waals surface area contributed by atoms with Gasteiger partial charge in [-0.05, 0) is 67.5 Å². The maximum absolute atomic E-state index is 13.7. The molecule has 1 aromatic heterocycles. The number of alkyl halides is 3. The molecule has 4 rings (SSSR count). The summed E-state index contributed by atoms with van der Waals surface area (Å²) in [6.07, 6.45) is 0.936. The molecule has 2 heterocycles. The van der Waals surface area contributed by atoms with Crippen molar-refractivity contribution in [2.75, 3.05) is 4.72 Å². The molecule has 2 aromatic carbocycles. The number of carbonyl (C=O) groups excluding carboxylic acids is 2. The Kier molecular flexibility index (Phi) is 10.5. The number of cyclic esters (lactones) is 1. The highest BCUT2D eigenvalue weighted by Gasteiger charge is 2.49. The molecular formula is C33H37F3N2O5S. The van der Waals surface area contributed by atoms with E-state index in [1.54, 1.807) is 12.1 Å². The van der Waals surface area contributed by atoms with Crippen molar-refractivity contribution in [3.05, 3.63) is 89.6 Å². The van der Waals surface area contributed by atoms with Crippen LogP contribution in [-0.4, -0.2) is 30.8 Å². The number of carbonyl (C=O) groups is 2. The number of Topliss-reactive ketones (excluding diaryl/α,β-unsaturated/α-hetero) is 1. The minimum absolute atomic E-state index is 0.113. The fraction of sp³-hybridized carbons (Fsp3) is 0.424. The van der Waals surface area contributed by atoms with Crippen LogP contribution >= 0.6 is 0 Å². The third kappa shape index (κ3) is 8.05. The van der Waals surface area contributed by atoms with Crippen LogP contribution in [0.1, 0.15) is 81.4 Å². The maximum Gasteiger partial charge on any atom is 0.417 e. The summed E-state index contributed by atoms with van der Waals surface area (Å²) < 4.78 is 72.9. The number of hydrogen-bond acceptors (Lipinski definition) is 6. The summed E-state index contributed by atoms with van der Waals surface area (Å²) in [6.45, 7) is 3.93. The van der Waals surface area contributed by atoms with Crippen LogP contribution in [0.3, 0.4) is 0 Å². The Morgan fingerprint density at radius 1 is 1.00 bits per heavy atom. The lowest BCUT2D eigenvalue weighted by Crippen LogP contribution is -2.49. The summed E-state index contributed by atoms with van der Waals surface area (Å²) in [5.74, 6) is -2.37. The number of esters is 1. The summed E-state index contributed by atoms with van der Waals surface area (Å²) in [7, 11) is -4.31. The predicted octanol–water partition coefficient (Wildman–Crippen LogP) is 7.48. The largest absolute Gasteiger partial charge is 0.458 e. The first-order valence-electron chi connectivity index (χ1n) is 14.8. The van der Waals surface area contributed by atoms with E-state index in [1.807, 2.05) is 37.3 Å². The first-order valence-corrected chi connectivity index (χ1v) is 16.3. The van der Waals surface area contributed by atoms with Crippen LogP contribution in [0.2, 0.25) is 0 Å². The van der Waals surface area contributed by atoms with Crippen LogP contribution in [0, 0.1) is 5.92 Å². The second-order valence-electron chi connectivity index (χ2n) is 11.3. The van der Waals surface area contributed by atoms with E-state index in [0.29, 0.717) is 43.5 Å². The van der Waals surface area contributed by atoms with E-state index >= 15 is 0 Å². The molecule has 1 aliphatic rings. The highest BCUT2D eigenvalue weighted by molar-refractivity contribution is 7.92. The smallest absolute Gasteiger partial charge is 0.417 e. The quantitative estimate of drug-likeness (QED) is 0.119. The van der Waals surface area contributed by atoms with Crippen LogP contribution in [0.25, 0.3) is 0 Å². The molecule has 1 saturated heterocycles. The molecule has 0 amide bonds. The van der Waals surface area contributed by atoms with Crippen LogP contribution in [0.4, 0.5) is 18.9 Å². The molecule has 0 bridgehead atoms. The Morgan fingerprint density at radius 2 is 1.75 bits per heavy atom. The Morgan fingerprint density at radius 3 is 2.36 bits per heavy atom. The number of pyridine rings is 1. The van der Waals surface area contributed by atoms with E-state index in [1.165, 1.54) is 12.1 Å². The number of nitrogens with one attached hydrogen (secondary N) is 1. The first-order chi connectivity index (χ1) is 20.9. The lowest BCUT2D eigenvalue weighted by Gasteiger charge is -2.41. The highest BCUT2D eigenvalue weighted by atomic mass is 32.2. The second-order valence-corrected chi connectivity index (χ2v) is 12.9. The summed E-state index contributed by atoms with van der Waals surface area (Å²) >= 11 is 0. The summed E-state index contributed by atoms with van der Waals surface area (Å²) in [5, 5.41) is -0.580. The van der Waals surface area contributed by atoms with Gasteiger partial charge >= 0.3 is 12.1 Å². The molecule has 3 atom stereocenters. The van der Waals surface area contributed by atoms with Gasteiger partial charge in [0.05, 0.1) is 5.56 Å². The average molecular weight is 631 g/mol. The topological polar surface area (TPSA) is 102 Å². The van der Waals surface area contributed by atoms with Crippen LogP contribution < -0.4 is 4.72 Å². The minimum Gasteiger partial charge on any atom is -0.458 e. The molecule has 11 heteroatoms. The highest BCUT2D eigenvalue weighted by Crippen LogP contribution is 2.41. The van der Waals surface area contributed by atoms with Crippen molar-refractivity contribution in [3.63, 3.8) is 0 Å². The number of ketones is 1. The van der Waals surface area contributed by atoms with Crippen molar-refractivity contribution in [2.45, 2.75) is 87.9 Å². The van der Waals surface area contributed by atoms with Crippen molar-refractivity contribution in [1.82, 2.24) is 4.98 Å². The minimum atomic E-state index is -4.65. The zero-order valence-electron chi connectivity index (χ0n) is 24.8. The number of aryl methyl sites for hydroxylation is 1. The molecule has 7 nitrogen and oxygen atoms in total. The van der Waals surface area contributed by atoms with Crippen LogP contribution in [-0.2, 0) is 36.9 Å². The Labute approximate surface area is 256 Å². The number of unbranched alkanes of at least 4 members (excludes halogenated alkanes) is 2. The number of ether oxygens (including phenoxy) is 1. The van der Waals surface area contributed by atoms with Gasteiger partial charge in [0.1, 0.15) is 11.5 Å². The molecule has 1 fully saturated rings. The lowest BCUT2D eigenvalue weighted by molar-refractivity contribution is -0.180. The molecule has 44 heavy (non-hydrogen) atoms. The maximum atomic E-state index is 13.7. The Hall–Kier alpha value is -3.73. The van der Waals surface area contributed by atoms with Gasteiger partial charge in [-0.3, -0.25) is 14.3 Å². The van der Waals surface area contributed by atoms with E-state index in [2.05, 4.69) is 16.6 Å². The third-order valence-corrected chi connectivity index (χ3v) is 9.41. The number of benzene rings is 2. The van der Waals surface area contributed by atoms with E-state index in [9.17, 15) is 31.2 Å². The number of nitrogens with zero attached hydrogens (tertiary/aromatic N) is 1. The normalized spacial score (nSPS) is 19.8. The Bertz CT molecular complexity index is 1530. The van der Waals surface area contributed by atoms with E-state index in [4.69, 9.17) is 4.74 Å². The standard InChI is InChI=1S/C33H37F3N2O5S/c1-3-5-9-18-32(19-17-23-11-7-6-8-12-23)21-28(39)30(31(40)43-32)27(4-2)24-13-10-14-26(20-24)38-44(41,42)29-16-15-25(22-37-29)33(34,35)36/h6-8,10-16,20,22,27,30,38H,3-5,9,17-19,21H2,1-2H3. The number of hydrogen-bond donors (Lipinski definition) is 1. The van der Waals surface area contributed by atoms with E-state index in [-0.39, 0.29) is 17.9 Å². The van der Waals surface area contributed by atoms with Crippen molar-refractivity contribution in [1.29, 1.82) is 0 Å². The molecule has 3 unspecified atom stereocenters. The van der Waals surface area contributed by atoms with Crippen LogP contribution in [0.5, 0.6) is 0 Å². The molecule has 0 aliphatic carbocycles. The van der Waals surface area contributed by atoms with Gasteiger partial charge in [0, 0.05) is 24.2 Å². The number of rotatable bonds is 13. The third-order valence-electron chi connectivity index (χ3n) is 8.11. The SMILES string of the molecule is CCCCCC1(CCc2ccccc2)CC(=O)C(C(CC)c2cccc(NS(=O)(=O)c3ccc(C(F)(F)F)cn3)c2)C(=O)O1. The van der Waals surface area contributed by atoms with Gasteiger partial charge in [0.25, 0.3) is 10.0 Å². The molecule has 0 saturated carbocycles. The lowest BCUT2D eigenvalue weighted by atomic mass is 9.74. The summed E-state index contributed by atoms with van der Waals surface area (Å²) in [4.78, 5) is 30.8. The average Bonchev–Trinajstić information content (AvgIpc) is 2.98. The van der Waals surface area contributed by atoms with Crippen molar-refractivity contribution < 1.29 is 35.9 Å². The van der Waals surface area contributed by atoms with E-state index < -0.39 is 50.2 Å². The number of sulfonamides is 1. The summed E-state index contributed by atoms with van der Waals surface area (Å²) in [5.41, 5.74) is -0.157. The molecule has 3 aromatic rings. The first kappa shape index (κ1) is 33.2. The van der Waals surface area contributed by atoms with Gasteiger partial charge in [0.2, 0.25) is 0 Å². The van der Waals surface area contributed by atoms with Gasteiger partial charge < -0.3 is 4.74 Å². The molecule has 0 radical (unpaired) electrons. The fourth-order valence-corrected chi connectivity index (χ4v) is 6.77. The zero-order chi connectivity index (χ0) is 32.0. The monoisotopic (exact) mass is 630 g/mol. The molecule has 236 valence electrons. The fourth-order valence-electron chi connectivity index (χ4n) is 5.79. The molecule has 0 spiro atoms. The Balaban J connectivity index is 1.53. The van der Waals surface area contributed by atoms with Gasteiger partial charge in [-0.15, -0.1) is 0 Å². The molecule has 1 aliphatic heterocycles. The predicted molar refractivity (Wildman–Crippen MR) is 160 cm³/mol. The van der Waals surface area contributed by atoms with E-state index in [0.717, 1.165) is 30.9 Å². The van der Waals surface area contributed by atoms with Gasteiger partial charge in [-0.2, -0.15) is 21.6 Å². The van der Waals surface area contributed by atoms with Crippen molar-refractivity contribution >= 4 is 27.5 Å². The van der Waals surface area contributed by atoms with Crippen molar-refractivity contribution in [3.8, 4) is 0 Å². The van der Waals surface area contributed by atoms with Crippen LogP contribution in [0.15, 0.2) is 78.0 Å². The number of anilines is 1. The van der Waals surface area contributed by atoms with Gasteiger partial charge in [-0.1, -0.05) is 69.2 Å². The zero-order valence-corrected chi connectivity index (χ0v) is 25.6.